The predicted octanol–water partition coefficient (Wildman–Crippen LogP) is 15.0. The molecule has 0 saturated heterocycles. The van der Waals surface area contributed by atoms with Gasteiger partial charge in [-0.05, 0) is 126 Å². The van der Waals surface area contributed by atoms with Crippen LogP contribution in [-0.2, 0) is 38.2 Å². The monoisotopic (exact) mass is 936 g/mol. The van der Waals surface area contributed by atoms with E-state index in [9.17, 15) is 34.0 Å². The molecule has 9 heteroatoms. The van der Waals surface area contributed by atoms with Crippen LogP contribution in [0.2, 0.25) is 0 Å². The summed E-state index contributed by atoms with van der Waals surface area (Å²) in [6.45, 7) is 1.96. The molecule has 0 saturated carbocycles. The summed E-state index contributed by atoms with van der Waals surface area (Å²) in [6.07, 6.45) is -16.2. The highest BCUT2D eigenvalue weighted by Gasteiger charge is 2.45. The average Bonchev–Trinajstić information content (AvgIpc) is 1.99. The fraction of sp³-hybridized carbons (Fsp3) is 0.131. The highest BCUT2D eigenvalue weighted by molar-refractivity contribution is 5.79. The quantitative estimate of drug-likeness (QED) is 0.0855. The Morgan fingerprint density at radius 1 is 0.457 bits per heavy atom. The molecule has 342 valence electrons. The van der Waals surface area contributed by atoms with Crippen molar-refractivity contribution in [1.82, 2.24) is 15.0 Å². The van der Waals surface area contributed by atoms with E-state index in [0.717, 1.165) is 100 Å². The number of rotatable bonds is 13. The molecule has 0 bridgehead atoms. The molecule has 0 N–H and O–H groups in total. The first kappa shape index (κ1) is 32.6. The molecule has 5 heterocycles. The minimum atomic E-state index is -3.28. The lowest BCUT2D eigenvalue weighted by atomic mass is 9.88. The van der Waals surface area contributed by atoms with E-state index in [-0.39, 0.29) is 28.1 Å². The first-order valence-electron chi connectivity index (χ1n) is 28.2. The molecule has 1 atom stereocenters. The Morgan fingerprint density at radius 2 is 0.957 bits per heavy atom. The summed E-state index contributed by atoms with van der Waals surface area (Å²) in [4.78, 5) is 13.0. The van der Waals surface area contributed by atoms with E-state index in [4.69, 9.17) is 10.1 Å². The largest absolute Gasteiger partial charge is 0.259 e. The van der Waals surface area contributed by atoms with Crippen LogP contribution in [0.4, 0.5) is 23.2 Å². The number of hydrogen-bond donors (Lipinski definition) is 0. The van der Waals surface area contributed by atoms with Gasteiger partial charge >= 0.3 is 0 Å². The van der Waals surface area contributed by atoms with Gasteiger partial charge in [0.2, 0.25) is 6.04 Å². The van der Waals surface area contributed by atoms with Crippen LogP contribution in [0.15, 0.2) is 193 Å². The van der Waals surface area contributed by atoms with Crippen molar-refractivity contribution in [3.8, 4) is 44.9 Å². The zero-order chi connectivity index (χ0) is 58.5. The van der Waals surface area contributed by atoms with Crippen molar-refractivity contribution in [2.24, 2.45) is 5.11 Å². The summed E-state index contributed by atoms with van der Waals surface area (Å²) in [5.41, 5.74) is 3.07. The van der Waals surface area contributed by atoms with Gasteiger partial charge in [-0.3, -0.25) is 9.97 Å². The number of fused-ring (bicyclic) bond motifs is 6. The molecule has 2 aliphatic heterocycles. The minimum Gasteiger partial charge on any atom is -0.256 e. The maximum atomic E-state index is 14.8. The molecule has 11 rings (SSSR count). The van der Waals surface area contributed by atoms with Gasteiger partial charge in [0, 0.05) is 91.7 Å². The SMILES string of the molecule is [2H]C([2H])(c1ccc(-c2ccc(F)cc2F)nc1)C([2H])([2H])c1cc(C([2H])([2H])C([2H])([2H])c2ccc(-c3ccc(F)cc3F)nc2)cc(C([2H])([2H])C([2H])([2H])c2cnc3c(c2)[N+]2=NC(c4ccc(-c5ccccc5)cc4)=C(C)C2c2ccccc2-3)c1. The van der Waals surface area contributed by atoms with Crippen LogP contribution in [0.1, 0.15) is 73.9 Å². The molecule has 0 radical (unpaired) electrons. The van der Waals surface area contributed by atoms with Crippen LogP contribution in [0.5, 0.6) is 0 Å². The second kappa shape index (κ2) is 19.1. The average molecular weight is 937 g/mol. The van der Waals surface area contributed by atoms with Crippen LogP contribution < -0.4 is 0 Å². The second-order valence-electron chi connectivity index (χ2n) is 16.7. The summed E-state index contributed by atoms with van der Waals surface area (Å²) < 4.78 is 173. The van der Waals surface area contributed by atoms with Gasteiger partial charge in [0.25, 0.3) is 5.69 Å². The van der Waals surface area contributed by atoms with Crippen molar-refractivity contribution in [2.75, 3.05) is 0 Å². The first-order chi connectivity index (χ1) is 38.7. The predicted molar refractivity (Wildman–Crippen MR) is 267 cm³/mol. The molecule has 70 heavy (non-hydrogen) atoms. The van der Waals surface area contributed by atoms with Crippen LogP contribution >= 0.6 is 0 Å². The lowest BCUT2D eigenvalue weighted by Crippen LogP contribution is -2.18. The summed E-state index contributed by atoms with van der Waals surface area (Å²) >= 11 is 0. The van der Waals surface area contributed by atoms with E-state index in [1.54, 1.807) is 4.70 Å². The van der Waals surface area contributed by atoms with Crippen molar-refractivity contribution in [3.63, 3.8) is 0 Å². The van der Waals surface area contributed by atoms with Crippen LogP contribution in [0.25, 0.3) is 50.6 Å². The number of benzene rings is 6. The van der Waals surface area contributed by atoms with E-state index in [1.807, 2.05) is 85.8 Å². The number of halogens is 4. The molecule has 2 aliphatic rings. The Labute approximate surface area is 421 Å². The fourth-order valence-corrected chi connectivity index (χ4v) is 8.63. The topological polar surface area (TPSA) is 54.0 Å². The number of hydrogen-bond acceptors (Lipinski definition) is 4. The van der Waals surface area contributed by atoms with Gasteiger partial charge in [0.15, 0.2) is 0 Å². The molecular formula is C61H46F4N5+. The fourth-order valence-electron chi connectivity index (χ4n) is 8.63. The summed E-state index contributed by atoms with van der Waals surface area (Å²) in [6, 6.07) is 39.1. The third-order valence-electron chi connectivity index (χ3n) is 12.1. The molecule has 0 aliphatic carbocycles. The lowest BCUT2D eigenvalue weighted by Gasteiger charge is -2.20. The zero-order valence-electron chi connectivity index (χ0n) is 49.1. The smallest absolute Gasteiger partial charge is 0.256 e. The Bertz CT molecular complexity index is 3930. The van der Waals surface area contributed by atoms with Crippen LogP contribution in [0, 0.1) is 23.3 Å². The third kappa shape index (κ3) is 9.10. The second-order valence-corrected chi connectivity index (χ2v) is 16.7. The lowest BCUT2D eigenvalue weighted by molar-refractivity contribution is -0.538. The van der Waals surface area contributed by atoms with E-state index < -0.39 is 95.4 Å². The molecule has 0 fully saturated rings. The van der Waals surface area contributed by atoms with E-state index in [0.29, 0.717) is 29.2 Å². The van der Waals surface area contributed by atoms with Crippen molar-refractivity contribution in [2.45, 2.75) is 51.2 Å². The summed E-state index contributed by atoms with van der Waals surface area (Å²) in [5, 5.41) is 5.11. The van der Waals surface area contributed by atoms with Crippen molar-refractivity contribution < 1.29 is 38.7 Å². The molecule has 0 spiro atoms. The third-order valence-corrected chi connectivity index (χ3v) is 12.1. The highest BCUT2D eigenvalue weighted by Crippen LogP contribution is 2.51. The minimum absolute atomic E-state index is 0.0477. The van der Waals surface area contributed by atoms with Crippen LogP contribution in [-0.4, -0.2) is 19.6 Å². The van der Waals surface area contributed by atoms with Gasteiger partial charge < -0.3 is 0 Å². The first-order valence-corrected chi connectivity index (χ1v) is 22.2. The van der Waals surface area contributed by atoms with Crippen molar-refractivity contribution >= 4 is 11.4 Å². The number of azo groups is 2. The maximum Gasteiger partial charge on any atom is 0.259 e. The molecule has 6 aromatic carbocycles. The summed E-state index contributed by atoms with van der Waals surface area (Å²) in [5.74, 6) is -3.63. The van der Waals surface area contributed by atoms with Gasteiger partial charge in [0.1, 0.15) is 34.7 Å². The number of aromatic nitrogens is 3. The Morgan fingerprint density at radius 3 is 1.51 bits per heavy atom. The van der Waals surface area contributed by atoms with E-state index in [2.05, 4.69) is 9.97 Å². The maximum absolute atomic E-state index is 14.8. The Hall–Kier alpha value is -8.17. The standard InChI is InChI=1S/C61H46F4N5/c1-38-59(47-21-19-46(20-22-47)45-7-3-2-4-8-45)69-70-58-32-44(37-68-60(58)50-9-5-6-10-51(50)61(38)70)16-15-43-30-41(13-11-39-17-27-56(66-35-39)52-25-23-48(62)33-54(52)64)29-42(31-43)14-12-40-18-28-57(67-36-40)53-26-24-49(63)34-55(53)65/h2-10,17-37,61H,11-16H2,1H3/q+1/i11D2,12D2,13D2,14D2,15D2,16D2. The van der Waals surface area contributed by atoms with Gasteiger partial charge in [-0.15, -0.1) is 0 Å². The van der Waals surface area contributed by atoms with Crippen molar-refractivity contribution in [1.29, 1.82) is 0 Å². The highest BCUT2D eigenvalue weighted by atomic mass is 19.1. The summed E-state index contributed by atoms with van der Waals surface area (Å²) in [7, 11) is 0. The number of pyridine rings is 3. The molecule has 0 amide bonds. The molecule has 1 unspecified atom stereocenters. The van der Waals surface area contributed by atoms with Gasteiger partial charge in [0.05, 0.1) is 11.4 Å². The number of nitrogens with zero attached hydrogens (tertiary/aromatic N) is 5. The van der Waals surface area contributed by atoms with Gasteiger partial charge in [-0.25, -0.2) is 22.5 Å². The Balaban J connectivity index is 1.01. The van der Waals surface area contributed by atoms with Crippen molar-refractivity contribution in [3.05, 3.63) is 256 Å². The van der Waals surface area contributed by atoms with Gasteiger partial charge in [-0.1, -0.05) is 114 Å². The molecular weight excluding hydrogens is 879 g/mol. The molecule has 9 aromatic rings. The molecule has 3 aromatic heterocycles. The van der Waals surface area contributed by atoms with Gasteiger partial charge in [-0.2, -0.15) is 0 Å². The zero-order valence-corrected chi connectivity index (χ0v) is 37.1. The normalized spacial score (nSPS) is 17.5. The van der Waals surface area contributed by atoms with E-state index in [1.165, 1.54) is 24.4 Å². The number of aryl methyl sites for hydroxylation is 6. The van der Waals surface area contributed by atoms with Crippen LogP contribution in [0.3, 0.4) is 0 Å². The van der Waals surface area contributed by atoms with E-state index >= 15 is 0 Å². The Kier molecular flexibility index (Phi) is 8.87. The molecule has 5 nitrogen and oxygen atoms in total.